The Morgan fingerprint density at radius 2 is 1.83 bits per heavy atom. The molecule has 0 unspecified atom stereocenters. The van der Waals surface area contributed by atoms with Crippen LogP contribution in [0.2, 0.25) is 0 Å². The highest BCUT2D eigenvalue weighted by molar-refractivity contribution is 7.13. The molecule has 3 N–H and O–H groups in total. The molecule has 184 valence electrons. The maximum atomic E-state index is 12.0. The van der Waals surface area contributed by atoms with Crippen LogP contribution in [0.25, 0.3) is 34.0 Å². The zero-order valence-electron chi connectivity index (χ0n) is 18.5. The molecule has 0 bridgehead atoms. The van der Waals surface area contributed by atoms with Crippen LogP contribution in [-0.2, 0) is 11.2 Å². The third kappa shape index (κ3) is 5.87. The Morgan fingerprint density at radius 3 is 2.53 bits per heavy atom. The van der Waals surface area contributed by atoms with Crippen molar-refractivity contribution in [3.05, 3.63) is 82.8 Å². The number of fused-ring (bicyclic) bond motifs is 1. The minimum absolute atomic E-state index is 0.0123. The number of nitrogens with one attached hydrogen (secondary N) is 2. The summed E-state index contributed by atoms with van der Waals surface area (Å²) < 4.78 is 31.7. The predicted molar refractivity (Wildman–Crippen MR) is 130 cm³/mol. The quantitative estimate of drug-likeness (QED) is 0.344. The van der Waals surface area contributed by atoms with Crippen molar-refractivity contribution in [2.45, 2.75) is 12.6 Å². The average Bonchev–Trinajstić information content (AvgIpc) is 3.54. The smallest absolute Gasteiger partial charge is 0.475 e. The number of nitrogens with zero attached hydrogens (tertiary/aromatic N) is 2. The molecule has 0 spiro atoms. The molecule has 36 heavy (non-hydrogen) atoms. The maximum Gasteiger partial charge on any atom is 0.490 e. The number of halogens is 3. The van der Waals surface area contributed by atoms with Crippen LogP contribution in [0.1, 0.15) is 27.3 Å². The molecule has 4 aromatic rings. The van der Waals surface area contributed by atoms with Crippen LogP contribution in [0.15, 0.2) is 60.2 Å². The van der Waals surface area contributed by atoms with Gasteiger partial charge in [-0.3, -0.25) is 9.78 Å². The molecule has 3 aromatic heterocycles. The first-order valence-corrected chi connectivity index (χ1v) is 11.5. The number of hydrogen-bond acceptors (Lipinski definition) is 5. The second-order valence-electron chi connectivity index (χ2n) is 7.61. The predicted octanol–water partition coefficient (Wildman–Crippen LogP) is 5.29. The summed E-state index contributed by atoms with van der Waals surface area (Å²) in [5.74, 6) is -2.77. The number of aliphatic carboxylic acids is 1. The number of alkyl halides is 3. The topological polar surface area (TPSA) is 108 Å². The van der Waals surface area contributed by atoms with Crippen molar-refractivity contribution in [3.8, 4) is 21.8 Å². The van der Waals surface area contributed by atoms with Crippen LogP contribution in [0, 0.1) is 0 Å². The number of thiazole rings is 1. The second-order valence-corrected chi connectivity index (χ2v) is 8.51. The molecule has 1 aliphatic heterocycles. The summed E-state index contributed by atoms with van der Waals surface area (Å²) in [6.45, 7) is 0.675. The van der Waals surface area contributed by atoms with Crippen LogP contribution < -0.4 is 5.32 Å². The van der Waals surface area contributed by atoms with Crippen LogP contribution in [0.3, 0.4) is 0 Å². The molecule has 0 fully saturated rings. The Morgan fingerprint density at radius 1 is 1.06 bits per heavy atom. The van der Waals surface area contributed by atoms with Crippen LogP contribution in [0.5, 0.6) is 0 Å². The van der Waals surface area contributed by atoms with Crippen molar-refractivity contribution < 1.29 is 27.9 Å². The number of rotatable bonds is 4. The SMILES string of the molecule is O=C(O)C(F)(F)F.O=C1NCCc2[nH]c(-c3ccnc(C=Cc4ccccc4-c4nccs4)c3)cc21. The van der Waals surface area contributed by atoms with Gasteiger partial charge in [0, 0.05) is 53.3 Å². The first-order valence-electron chi connectivity index (χ1n) is 10.7. The van der Waals surface area contributed by atoms with Gasteiger partial charge in [0.2, 0.25) is 0 Å². The standard InChI is InChI=1S/C23H18N4OS.C2HF3O2/c28-22-19-14-21(27-20(19)8-10-25-22)16-7-9-24-17(13-16)6-5-15-3-1-2-4-18(15)23-26-11-12-29-23;3-2(4,5)1(6)7/h1-7,9,11-14,27H,8,10H2,(H,25,28);(H,6,7). The van der Waals surface area contributed by atoms with E-state index in [9.17, 15) is 18.0 Å². The summed E-state index contributed by atoms with van der Waals surface area (Å²) >= 11 is 1.63. The number of aromatic nitrogens is 3. The molecule has 0 atom stereocenters. The third-order valence-corrected chi connectivity index (χ3v) is 6.00. The fourth-order valence-electron chi connectivity index (χ4n) is 3.52. The van der Waals surface area contributed by atoms with E-state index in [0.717, 1.165) is 50.8 Å². The number of carbonyl (C=O) groups excluding carboxylic acids is 1. The normalized spacial score (nSPS) is 13.0. The zero-order chi connectivity index (χ0) is 25.7. The molecule has 0 radical (unpaired) electrons. The number of benzene rings is 1. The van der Waals surface area contributed by atoms with E-state index in [1.165, 1.54) is 0 Å². The Labute approximate surface area is 207 Å². The highest BCUT2D eigenvalue weighted by atomic mass is 32.1. The minimum atomic E-state index is -5.08. The molecule has 0 saturated carbocycles. The molecule has 4 heterocycles. The summed E-state index contributed by atoms with van der Waals surface area (Å²) in [7, 11) is 0. The van der Waals surface area contributed by atoms with Crippen molar-refractivity contribution in [1.29, 1.82) is 0 Å². The van der Waals surface area contributed by atoms with Gasteiger partial charge in [0.15, 0.2) is 0 Å². The van der Waals surface area contributed by atoms with Crippen LogP contribution in [-0.4, -0.2) is 44.7 Å². The van der Waals surface area contributed by atoms with E-state index < -0.39 is 12.1 Å². The van der Waals surface area contributed by atoms with Gasteiger partial charge in [-0.15, -0.1) is 11.3 Å². The van der Waals surface area contributed by atoms with Gasteiger partial charge in [-0.25, -0.2) is 9.78 Å². The summed E-state index contributed by atoms with van der Waals surface area (Å²) in [6.07, 6.45) is 3.43. The highest BCUT2D eigenvalue weighted by Crippen LogP contribution is 2.28. The Kier molecular flexibility index (Phi) is 7.30. The number of carboxylic acids is 1. The second kappa shape index (κ2) is 10.6. The average molecular weight is 513 g/mol. The van der Waals surface area contributed by atoms with Crippen molar-refractivity contribution >= 4 is 35.4 Å². The van der Waals surface area contributed by atoms with Gasteiger partial charge in [-0.2, -0.15) is 13.2 Å². The van der Waals surface area contributed by atoms with Gasteiger partial charge >= 0.3 is 12.1 Å². The minimum Gasteiger partial charge on any atom is -0.475 e. The Hall–Kier alpha value is -4.25. The first-order chi connectivity index (χ1) is 17.2. The zero-order valence-corrected chi connectivity index (χ0v) is 19.4. The Balaban J connectivity index is 0.000000384. The van der Waals surface area contributed by atoms with E-state index in [2.05, 4.69) is 38.5 Å². The highest BCUT2D eigenvalue weighted by Gasteiger charge is 2.38. The molecule has 11 heteroatoms. The van der Waals surface area contributed by atoms with Gasteiger partial charge in [-0.05, 0) is 29.8 Å². The number of carbonyl (C=O) groups is 2. The fourth-order valence-corrected chi connectivity index (χ4v) is 4.21. The van der Waals surface area contributed by atoms with E-state index in [4.69, 9.17) is 9.90 Å². The van der Waals surface area contributed by atoms with E-state index >= 15 is 0 Å². The number of hydrogen-bond donors (Lipinski definition) is 3. The summed E-state index contributed by atoms with van der Waals surface area (Å²) in [4.78, 5) is 33.2. The van der Waals surface area contributed by atoms with Crippen molar-refractivity contribution in [2.75, 3.05) is 6.54 Å². The summed E-state index contributed by atoms with van der Waals surface area (Å²) in [5, 5.41) is 13.0. The van der Waals surface area contributed by atoms with E-state index in [0.29, 0.717) is 6.54 Å². The van der Waals surface area contributed by atoms with E-state index in [1.54, 1.807) is 17.5 Å². The largest absolute Gasteiger partial charge is 0.490 e. The van der Waals surface area contributed by atoms with Gasteiger partial charge in [0.1, 0.15) is 5.01 Å². The van der Waals surface area contributed by atoms with E-state index in [1.807, 2.05) is 48.0 Å². The number of aromatic amines is 1. The molecule has 7 nitrogen and oxygen atoms in total. The third-order valence-electron chi connectivity index (χ3n) is 5.20. The van der Waals surface area contributed by atoms with Crippen molar-refractivity contribution in [1.82, 2.24) is 20.3 Å². The lowest BCUT2D eigenvalue weighted by atomic mass is 10.1. The summed E-state index contributed by atoms with van der Waals surface area (Å²) in [6, 6.07) is 14.1. The molecule has 1 aromatic carbocycles. The van der Waals surface area contributed by atoms with Gasteiger partial charge < -0.3 is 15.4 Å². The number of pyridine rings is 1. The lowest BCUT2D eigenvalue weighted by Crippen LogP contribution is -2.31. The Bertz CT molecular complexity index is 1410. The monoisotopic (exact) mass is 512 g/mol. The first kappa shape index (κ1) is 24.9. The molecular formula is C25H19F3N4O3S. The fraction of sp³-hybridized carbons (Fsp3) is 0.120. The van der Waals surface area contributed by atoms with Gasteiger partial charge in [-0.1, -0.05) is 30.3 Å². The van der Waals surface area contributed by atoms with Crippen molar-refractivity contribution in [3.63, 3.8) is 0 Å². The molecule has 1 amide bonds. The molecule has 1 aliphatic rings. The summed E-state index contributed by atoms with van der Waals surface area (Å²) in [5.41, 5.74) is 6.74. The van der Waals surface area contributed by atoms with E-state index in [-0.39, 0.29) is 5.91 Å². The lowest BCUT2D eigenvalue weighted by molar-refractivity contribution is -0.192. The number of amides is 1. The van der Waals surface area contributed by atoms with Gasteiger partial charge in [0.05, 0.1) is 11.3 Å². The van der Waals surface area contributed by atoms with Crippen molar-refractivity contribution in [2.24, 2.45) is 0 Å². The lowest BCUT2D eigenvalue weighted by Gasteiger charge is -2.10. The molecule has 0 aliphatic carbocycles. The van der Waals surface area contributed by atoms with Gasteiger partial charge in [0.25, 0.3) is 5.91 Å². The number of H-pyrrole nitrogens is 1. The maximum absolute atomic E-state index is 12.0. The van der Waals surface area contributed by atoms with Crippen LogP contribution in [0.4, 0.5) is 13.2 Å². The van der Waals surface area contributed by atoms with Crippen LogP contribution >= 0.6 is 11.3 Å². The number of carboxylic acid groups (broad SMARTS) is 1. The molecular weight excluding hydrogens is 493 g/mol. The molecule has 0 saturated heterocycles. The molecule has 5 rings (SSSR count).